The van der Waals surface area contributed by atoms with E-state index >= 15 is 0 Å². The third-order valence-corrected chi connectivity index (χ3v) is 6.10. The summed E-state index contributed by atoms with van der Waals surface area (Å²) in [6.07, 6.45) is 1.63. The van der Waals surface area contributed by atoms with Gasteiger partial charge in [0, 0.05) is 12.2 Å². The monoisotopic (exact) mass is 454 g/mol. The molecule has 0 aliphatic carbocycles. The lowest BCUT2D eigenvalue weighted by Gasteiger charge is -2.13. The normalized spacial score (nSPS) is 10.6. The summed E-state index contributed by atoms with van der Waals surface area (Å²) in [6.45, 7) is 0.514. The van der Waals surface area contributed by atoms with E-state index in [1.807, 2.05) is 36.4 Å². The van der Waals surface area contributed by atoms with Gasteiger partial charge < -0.3 is 5.32 Å². The molecule has 0 saturated heterocycles. The Balaban J connectivity index is 1.51. The van der Waals surface area contributed by atoms with E-state index in [4.69, 9.17) is 5.26 Å². The van der Waals surface area contributed by atoms with Gasteiger partial charge >= 0.3 is 0 Å². The fraction of sp³-hybridized carbons (Fsp3) is 0.154. The molecule has 0 saturated carbocycles. The molecule has 1 N–H and O–H groups in total. The number of anilines is 1. The SMILES string of the molecule is N#Cc1cccc(NC(=O)CSc2nc3ccccc3c(=O)n2CCCc2ccccc2)c1. The number of rotatable bonds is 8. The molecule has 33 heavy (non-hydrogen) atoms. The zero-order chi connectivity index (χ0) is 23.0. The topological polar surface area (TPSA) is 87.8 Å². The van der Waals surface area contributed by atoms with E-state index in [9.17, 15) is 9.59 Å². The van der Waals surface area contributed by atoms with Crippen LogP contribution in [0.25, 0.3) is 10.9 Å². The molecule has 1 aromatic heterocycles. The van der Waals surface area contributed by atoms with Crippen LogP contribution in [0.2, 0.25) is 0 Å². The van der Waals surface area contributed by atoms with Gasteiger partial charge in [0.15, 0.2) is 5.16 Å². The van der Waals surface area contributed by atoms with Crippen LogP contribution in [-0.2, 0) is 17.8 Å². The number of benzene rings is 3. The number of aromatic nitrogens is 2. The van der Waals surface area contributed by atoms with Crippen LogP contribution in [0.5, 0.6) is 0 Å². The molecule has 3 aromatic carbocycles. The number of thioether (sulfide) groups is 1. The molecule has 1 heterocycles. The Hall–Kier alpha value is -3.89. The minimum Gasteiger partial charge on any atom is -0.325 e. The van der Waals surface area contributed by atoms with Gasteiger partial charge in [-0.05, 0) is 48.7 Å². The second kappa shape index (κ2) is 10.6. The molecular formula is C26H22N4O2S. The maximum Gasteiger partial charge on any atom is 0.262 e. The van der Waals surface area contributed by atoms with Crippen LogP contribution < -0.4 is 10.9 Å². The highest BCUT2D eigenvalue weighted by molar-refractivity contribution is 7.99. The van der Waals surface area contributed by atoms with Gasteiger partial charge in [0.1, 0.15) is 0 Å². The summed E-state index contributed by atoms with van der Waals surface area (Å²) >= 11 is 1.23. The van der Waals surface area contributed by atoms with Gasteiger partial charge in [0.05, 0.1) is 28.3 Å². The van der Waals surface area contributed by atoms with Crippen molar-refractivity contribution < 1.29 is 4.79 Å². The number of hydrogen-bond donors (Lipinski definition) is 1. The molecular weight excluding hydrogens is 432 g/mol. The number of carbonyl (C=O) groups is 1. The largest absolute Gasteiger partial charge is 0.325 e. The Morgan fingerprint density at radius 3 is 2.64 bits per heavy atom. The minimum absolute atomic E-state index is 0.0975. The summed E-state index contributed by atoms with van der Waals surface area (Å²) in [6, 6.07) is 26.2. The van der Waals surface area contributed by atoms with E-state index in [1.54, 1.807) is 34.9 Å². The zero-order valence-electron chi connectivity index (χ0n) is 17.9. The summed E-state index contributed by atoms with van der Waals surface area (Å²) < 4.78 is 1.67. The lowest BCUT2D eigenvalue weighted by Crippen LogP contribution is -2.24. The maximum atomic E-state index is 13.2. The Labute approximate surface area is 195 Å². The number of hydrogen-bond acceptors (Lipinski definition) is 5. The quantitative estimate of drug-likeness (QED) is 0.310. The van der Waals surface area contributed by atoms with Crippen molar-refractivity contribution in [1.29, 1.82) is 5.26 Å². The number of para-hydroxylation sites is 1. The van der Waals surface area contributed by atoms with Crippen molar-refractivity contribution in [2.24, 2.45) is 0 Å². The number of nitrogens with one attached hydrogen (secondary N) is 1. The summed E-state index contributed by atoms with van der Waals surface area (Å²) in [5.41, 5.74) is 2.77. The number of carbonyl (C=O) groups excluding carboxylic acids is 1. The molecule has 0 spiro atoms. The number of fused-ring (bicyclic) bond motifs is 1. The molecule has 4 rings (SSSR count). The highest BCUT2D eigenvalue weighted by atomic mass is 32.2. The minimum atomic E-state index is -0.228. The first-order chi connectivity index (χ1) is 16.1. The first-order valence-corrected chi connectivity index (χ1v) is 11.6. The number of aryl methyl sites for hydroxylation is 1. The second-order valence-electron chi connectivity index (χ2n) is 7.49. The van der Waals surface area contributed by atoms with Gasteiger partial charge in [-0.3, -0.25) is 14.2 Å². The van der Waals surface area contributed by atoms with Crippen molar-refractivity contribution in [3.8, 4) is 6.07 Å². The van der Waals surface area contributed by atoms with Crippen molar-refractivity contribution in [2.75, 3.05) is 11.1 Å². The molecule has 0 unspecified atom stereocenters. The molecule has 6 nitrogen and oxygen atoms in total. The van der Waals surface area contributed by atoms with E-state index < -0.39 is 0 Å². The lowest BCUT2D eigenvalue weighted by atomic mass is 10.1. The summed E-state index contributed by atoms with van der Waals surface area (Å²) in [5.74, 6) is -0.131. The third-order valence-electron chi connectivity index (χ3n) is 5.12. The van der Waals surface area contributed by atoms with Gasteiger partial charge in [0.2, 0.25) is 5.91 Å². The van der Waals surface area contributed by atoms with Gasteiger partial charge in [-0.25, -0.2) is 4.98 Å². The predicted octanol–water partition coefficient (Wildman–Crippen LogP) is 4.63. The molecule has 0 fully saturated rings. The van der Waals surface area contributed by atoms with E-state index in [2.05, 4.69) is 28.5 Å². The molecule has 0 radical (unpaired) electrons. The summed E-state index contributed by atoms with van der Waals surface area (Å²) in [7, 11) is 0. The summed E-state index contributed by atoms with van der Waals surface area (Å²) in [5, 5.41) is 12.9. The van der Waals surface area contributed by atoms with E-state index in [1.165, 1.54) is 17.3 Å². The lowest BCUT2D eigenvalue weighted by molar-refractivity contribution is -0.113. The Kier molecular flexibility index (Phi) is 7.18. The number of amides is 1. The average molecular weight is 455 g/mol. The molecule has 4 aromatic rings. The Bertz CT molecular complexity index is 1380. The standard InChI is InChI=1S/C26H22N4O2S/c27-17-20-10-6-12-21(16-20)28-24(31)18-33-26-29-23-14-5-4-13-22(23)25(32)30(26)15-7-11-19-8-2-1-3-9-19/h1-6,8-10,12-14,16H,7,11,15,18H2,(H,28,31). The fourth-order valence-electron chi connectivity index (χ4n) is 3.53. The molecule has 0 aliphatic rings. The van der Waals surface area contributed by atoms with Gasteiger partial charge in [-0.15, -0.1) is 0 Å². The Morgan fingerprint density at radius 1 is 1.03 bits per heavy atom. The second-order valence-corrected chi connectivity index (χ2v) is 8.43. The zero-order valence-corrected chi connectivity index (χ0v) is 18.7. The molecule has 164 valence electrons. The average Bonchev–Trinajstić information content (AvgIpc) is 2.85. The molecule has 0 atom stereocenters. The van der Waals surface area contributed by atoms with Gasteiger partial charge in [-0.2, -0.15) is 5.26 Å². The van der Waals surface area contributed by atoms with Crippen molar-refractivity contribution in [3.05, 3.63) is 100 Å². The smallest absolute Gasteiger partial charge is 0.262 e. The van der Waals surface area contributed by atoms with Crippen LogP contribution >= 0.6 is 11.8 Å². The molecule has 1 amide bonds. The molecule has 7 heteroatoms. The first-order valence-electron chi connectivity index (χ1n) is 10.6. The van der Waals surface area contributed by atoms with E-state index in [0.717, 1.165) is 12.8 Å². The van der Waals surface area contributed by atoms with Gasteiger partial charge in [0.25, 0.3) is 5.56 Å². The highest BCUT2D eigenvalue weighted by Gasteiger charge is 2.13. The fourth-order valence-corrected chi connectivity index (χ4v) is 4.36. The van der Waals surface area contributed by atoms with Gasteiger partial charge in [-0.1, -0.05) is 60.3 Å². The van der Waals surface area contributed by atoms with E-state index in [0.29, 0.717) is 33.9 Å². The first kappa shape index (κ1) is 22.3. The number of nitrogens with zero attached hydrogens (tertiary/aromatic N) is 3. The van der Waals surface area contributed by atoms with Crippen LogP contribution in [0.15, 0.2) is 88.8 Å². The highest BCUT2D eigenvalue weighted by Crippen LogP contribution is 2.19. The Morgan fingerprint density at radius 2 is 1.82 bits per heavy atom. The van der Waals surface area contributed by atoms with Crippen LogP contribution in [0.3, 0.4) is 0 Å². The number of nitriles is 1. The van der Waals surface area contributed by atoms with Crippen molar-refractivity contribution in [1.82, 2.24) is 9.55 Å². The van der Waals surface area contributed by atoms with E-state index in [-0.39, 0.29) is 17.2 Å². The van der Waals surface area contributed by atoms with Crippen molar-refractivity contribution >= 4 is 34.3 Å². The van der Waals surface area contributed by atoms with Crippen LogP contribution in [-0.4, -0.2) is 21.2 Å². The third kappa shape index (κ3) is 5.68. The van der Waals surface area contributed by atoms with Crippen LogP contribution in [0.4, 0.5) is 5.69 Å². The molecule has 0 aliphatic heterocycles. The van der Waals surface area contributed by atoms with Crippen molar-refractivity contribution in [3.63, 3.8) is 0 Å². The maximum absolute atomic E-state index is 13.2. The summed E-state index contributed by atoms with van der Waals surface area (Å²) in [4.78, 5) is 30.4. The molecule has 0 bridgehead atoms. The predicted molar refractivity (Wildman–Crippen MR) is 131 cm³/mol. The van der Waals surface area contributed by atoms with Crippen LogP contribution in [0.1, 0.15) is 17.5 Å². The van der Waals surface area contributed by atoms with Crippen LogP contribution in [0, 0.1) is 11.3 Å². The van der Waals surface area contributed by atoms with Crippen molar-refractivity contribution in [2.45, 2.75) is 24.5 Å².